The van der Waals surface area contributed by atoms with Crippen LogP contribution in [0.4, 0.5) is 5.69 Å². The first-order valence-corrected chi connectivity index (χ1v) is 11.3. The molecule has 0 radical (unpaired) electrons. The molecule has 32 heavy (non-hydrogen) atoms. The van der Waals surface area contributed by atoms with Gasteiger partial charge in [-0.3, -0.25) is 5.10 Å². The molecular formula is C25H27N7. The molecule has 1 fully saturated rings. The Kier molecular flexibility index (Phi) is 4.85. The van der Waals surface area contributed by atoms with Crippen molar-refractivity contribution >= 4 is 16.7 Å². The fourth-order valence-electron chi connectivity index (χ4n) is 4.78. The summed E-state index contributed by atoms with van der Waals surface area (Å²) in [7, 11) is 2.18. The number of nitrogens with one attached hydrogen (secondary N) is 2. The highest BCUT2D eigenvalue weighted by molar-refractivity contribution is 5.90. The third-order valence-corrected chi connectivity index (χ3v) is 6.69. The molecule has 0 spiro atoms. The second kappa shape index (κ2) is 8.00. The van der Waals surface area contributed by atoms with Crippen LogP contribution in [0.5, 0.6) is 0 Å². The van der Waals surface area contributed by atoms with Gasteiger partial charge in [-0.2, -0.15) is 5.10 Å². The maximum atomic E-state index is 4.97. The van der Waals surface area contributed by atoms with Crippen LogP contribution < -0.4 is 10.2 Å². The molecule has 2 aliphatic rings. The Morgan fingerprint density at radius 1 is 0.969 bits per heavy atom. The van der Waals surface area contributed by atoms with E-state index in [0.717, 1.165) is 79.4 Å². The topological polar surface area (TPSA) is 73.0 Å². The largest absolute Gasteiger partial charge is 0.369 e. The lowest BCUT2D eigenvalue weighted by Gasteiger charge is -2.34. The van der Waals surface area contributed by atoms with Gasteiger partial charge in [-0.15, -0.1) is 0 Å². The number of H-pyrrole nitrogens is 1. The molecule has 2 aromatic heterocycles. The molecule has 0 bridgehead atoms. The lowest BCUT2D eigenvalue weighted by molar-refractivity contribution is 0.313. The van der Waals surface area contributed by atoms with Crippen LogP contribution >= 0.6 is 0 Å². The first-order chi connectivity index (χ1) is 15.8. The van der Waals surface area contributed by atoms with Gasteiger partial charge in [0.2, 0.25) is 0 Å². The van der Waals surface area contributed by atoms with Crippen molar-refractivity contribution in [2.45, 2.75) is 13.0 Å². The number of hydrogen-bond acceptors (Lipinski definition) is 6. The number of anilines is 1. The highest BCUT2D eigenvalue weighted by atomic mass is 15.2. The van der Waals surface area contributed by atoms with Crippen molar-refractivity contribution in [1.82, 2.24) is 30.4 Å². The monoisotopic (exact) mass is 425 g/mol. The maximum Gasteiger partial charge on any atom is 0.160 e. The zero-order valence-electron chi connectivity index (χ0n) is 18.3. The quantitative estimate of drug-likeness (QED) is 0.526. The third-order valence-electron chi connectivity index (χ3n) is 6.69. The zero-order valence-corrected chi connectivity index (χ0v) is 18.3. The Morgan fingerprint density at radius 3 is 2.66 bits per heavy atom. The molecule has 0 saturated carbocycles. The van der Waals surface area contributed by atoms with E-state index in [1.54, 1.807) is 0 Å². The summed E-state index contributed by atoms with van der Waals surface area (Å²) >= 11 is 0. The van der Waals surface area contributed by atoms with Crippen molar-refractivity contribution in [2.24, 2.45) is 0 Å². The fraction of sp³-hybridized carbons (Fsp3) is 0.320. The van der Waals surface area contributed by atoms with E-state index < -0.39 is 0 Å². The number of benzene rings is 2. The maximum absolute atomic E-state index is 4.97. The lowest BCUT2D eigenvalue weighted by Crippen LogP contribution is -2.44. The van der Waals surface area contributed by atoms with Crippen LogP contribution in [0, 0.1) is 0 Å². The van der Waals surface area contributed by atoms with Crippen LogP contribution in [0.25, 0.3) is 33.7 Å². The molecule has 7 heteroatoms. The summed E-state index contributed by atoms with van der Waals surface area (Å²) in [5.41, 5.74) is 8.76. The summed E-state index contributed by atoms with van der Waals surface area (Å²) in [4.78, 5) is 14.4. The number of aromatic amines is 1. The minimum absolute atomic E-state index is 0.771. The Balaban J connectivity index is 1.35. The average molecular weight is 426 g/mol. The van der Waals surface area contributed by atoms with Gasteiger partial charge in [-0.25, -0.2) is 9.97 Å². The number of fused-ring (bicyclic) bond motifs is 2. The number of likely N-dealkylation sites (N-methyl/N-ethyl adjacent to an activating group) is 1. The first-order valence-electron chi connectivity index (χ1n) is 11.3. The van der Waals surface area contributed by atoms with Crippen LogP contribution in [0.15, 0.2) is 48.7 Å². The Morgan fingerprint density at radius 2 is 1.81 bits per heavy atom. The Bertz CT molecular complexity index is 1250. The summed E-state index contributed by atoms with van der Waals surface area (Å²) in [5, 5.41) is 11.1. The van der Waals surface area contributed by atoms with Gasteiger partial charge in [0.15, 0.2) is 5.82 Å². The molecule has 6 rings (SSSR count). The normalized spacial score (nSPS) is 17.0. The Labute approximate surface area is 187 Å². The van der Waals surface area contributed by atoms with E-state index in [4.69, 9.17) is 4.98 Å². The zero-order chi connectivity index (χ0) is 21.5. The van der Waals surface area contributed by atoms with Gasteiger partial charge in [-0.1, -0.05) is 30.3 Å². The predicted molar refractivity (Wildman–Crippen MR) is 128 cm³/mol. The SMILES string of the molecule is CN1CCN(c2ccc(-c3n[nH]c4cnc(-c5cccc6c5CCNC6)nc34)cc2)CC1. The highest BCUT2D eigenvalue weighted by Gasteiger charge is 2.18. The van der Waals surface area contributed by atoms with E-state index >= 15 is 0 Å². The van der Waals surface area contributed by atoms with Gasteiger partial charge in [-0.05, 0) is 43.3 Å². The minimum Gasteiger partial charge on any atom is -0.369 e. The molecule has 162 valence electrons. The molecule has 4 aromatic rings. The minimum atomic E-state index is 0.771. The van der Waals surface area contributed by atoms with E-state index in [2.05, 4.69) is 79.8 Å². The van der Waals surface area contributed by atoms with Crippen LogP contribution in [0.2, 0.25) is 0 Å². The molecule has 0 unspecified atom stereocenters. The molecule has 7 nitrogen and oxygen atoms in total. The van der Waals surface area contributed by atoms with Crippen molar-refractivity contribution in [2.75, 3.05) is 44.7 Å². The highest BCUT2D eigenvalue weighted by Crippen LogP contribution is 2.30. The van der Waals surface area contributed by atoms with Gasteiger partial charge in [0.25, 0.3) is 0 Å². The van der Waals surface area contributed by atoms with Crippen molar-refractivity contribution in [1.29, 1.82) is 0 Å². The number of aromatic nitrogens is 4. The molecule has 0 atom stereocenters. The molecule has 1 saturated heterocycles. The van der Waals surface area contributed by atoms with Crippen molar-refractivity contribution in [3.05, 3.63) is 59.8 Å². The summed E-state index contributed by atoms with van der Waals surface area (Å²) < 4.78 is 0. The Hall–Kier alpha value is -3.29. The van der Waals surface area contributed by atoms with Crippen molar-refractivity contribution in [3.63, 3.8) is 0 Å². The van der Waals surface area contributed by atoms with Gasteiger partial charge >= 0.3 is 0 Å². The van der Waals surface area contributed by atoms with Crippen LogP contribution in [-0.4, -0.2) is 64.8 Å². The summed E-state index contributed by atoms with van der Waals surface area (Å²) in [6, 6.07) is 15.1. The molecule has 2 N–H and O–H groups in total. The fourth-order valence-corrected chi connectivity index (χ4v) is 4.78. The summed E-state index contributed by atoms with van der Waals surface area (Å²) in [6.45, 7) is 6.23. The van der Waals surface area contributed by atoms with E-state index in [9.17, 15) is 0 Å². The molecule has 2 aromatic carbocycles. The van der Waals surface area contributed by atoms with Gasteiger partial charge in [0.05, 0.1) is 6.20 Å². The van der Waals surface area contributed by atoms with Crippen molar-refractivity contribution < 1.29 is 0 Å². The number of piperazine rings is 1. The predicted octanol–water partition coefficient (Wildman–Crippen LogP) is 3.08. The number of hydrogen-bond donors (Lipinski definition) is 2. The second-order valence-corrected chi connectivity index (χ2v) is 8.74. The van der Waals surface area contributed by atoms with E-state index in [1.807, 2.05) is 6.20 Å². The van der Waals surface area contributed by atoms with Crippen molar-refractivity contribution in [3.8, 4) is 22.6 Å². The van der Waals surface area contributed by atoms with Gasteiger partial charge in [0, 0.05) is 49.5 Å². The average Bonchev–Trinajstić information content (AvgIpc) is 3.28. The molecule has 0 amide bonds. The number of nitrogens with zero attached hydrogens (tertiary/aromatic N) is 5. The standard InChI is InChI=1S/C25H27N7/c1-31-11-13-32(14-12-31)19-7-5-17(6-8-19)23-24-22(29-30-23)16-27-25(28-24)21-4-2-3-18-15-26-10-9-20(18)21/h2-8,16,26H,9-15H2,1H3,(H,29,30). The van der Waals surface area contributed by atoms with E-state index in [0.29, 0.717) is 0 Å². The van der Waals surface area contributed by atoms with Crippen LogP contribution in [0.3, 0.4) is 0 Å². The van der Waals surface area contributed by atoms with Crippen LogP contribution in [-0.2, 0) is 13.0 Å². The second-order valence-electron chi connectivity index (χ2n) is 8.74. The van der Waals surface area contributed by atoms with Gasteiger partial charge in [0.1, 0.15) is 16.7 Å². The third kappa shape index (κ3) is 3.43. The smallest absolute Gasteiger partial charge is 0.160 e. The molecular weight excluding hydrogens is 398 g/mol. The van der Waals surface area contributed by atoms with E-state index in [1.165, 1.54) is 16.8 Å². The van der Waals surface area contributed by atoms with E-state index in [-0.39, 0.29) is 0 Å². The molecule has 4 heterocycles. The lowest BCUT2D eigenvalue weighted by atomic mass is 9.95. The summed E-state index contributed by atoms with van der Waals surface area (Å²) in [5.74, 6) is 0.771. The number of rotatable bonds is 3. The molecule has 2 aliphatic heterocycles. The summed E-state index contributed by atoms with van der Waals surface area (Å²) in [6.07, 6.45) is 2.85. The van der Waals surface area contributed by atoms with Crippen LogP contribution in [0.1, 0.15) is 11.1 Å². The molecule has 0 aliphatic carbocycles. The van der Waals surface area contributed by atoms with Gasteiger partial charge < -0.3 is 15.1 Å². The first kappa shape index (κ1) is 19.4.